The molecule has 0 aliphatic carbocycles. The fourth-order valence-corrected chi connectivity index (χ4v) is 1.60. The van der Waals surface area contributed by atoms with Gasteiger partial charge in [-0.15, -0.1) is 0 Å². The molecule has 86 valence electrons. The van der Waals surface area contributed by atoms with Crippen molar-refractivity contribution in [2.45, 2.75) is 25.3 Å². The molecule has 1 saturated heterocycles. The lowest BCUT2D eigenvalue weighted by Crippen LogP contribution is -2.14. The third kappa shape index (κ3) is 2.79. The maximum Gasteiger partial charge on any atom is 0.341 e. The van der Waals surface area contributed by atoms with Crippen LogP contribution in [0, 0.1) is 0 Å². The van der Waals surface area contributed by atoms with E-state index in [0.717, 1.165) is 5.56 Å². The molecule has 0 amide bonds. The molecule has 1 aromatic carbocycles. The van der Waals surface area contributed by atoms with Crippen LogP contribution in [0.3, 0.4) is 0 Å². The number of ether oxygens (including phenoxy) is 2. The zero-order valence-corrected chi connectivity index (χ0v) is 8.77. The number of alkyl halides is 1. The third-order valence-electron chi connectivity index (χ3n) is 2.42. The lowest BCUT2D eigenvalue weighted by molar-refractivity contribution is -0.146. The molecule has 0 N–H and O–H groups in total. The van der Waals surface area contributed by atoms with E-state index < -0.39 is 18.2 Å². The highest BCUT2D eigenvalue weighted by Crippen LogP contribution is 2.18. The SMILES string of the molecule is O=C1O[C@H](COCc2ccccc2)C[C@@H]1F. The van der Waals surface area contributed by atoms with E-state index in [9.17, 15) is 9.18 Å². The van der Waals surface area contributed by atoms with E-state index in [1.807, 2.05) is 30.3 Å². The van der Waals surface area contributed by atoms with Crippen molar-refractivity contribution in [3.8, 4) is 0 Å². The molecular formula is C12H13FO3. The number of halogens is 1. The van der Waals surface area contributed by atoms with Gasteiger partial charge in [-0.2, -0.15) is 0 Å². The average molecular weight is 224 g/mol. The summed E-state index contributed by atoms with van der Waals surface area (Å²) in [6.45, 7) is 0.701. The molecule has 4 heteroatoms. The number of rotatable bonds is 4. The second-order valence-corrected chi connectivity index (χ2v) is 3.76. The van der Waals surface area contributed by atoms with Crippen LogP contribution in [0.2, 0.25) is 0 Å². The minimum atomic E-state index is -1.48. The van der Waals surface area contributed by atoms with Gasteiger partial charge in [-0.05, 0) is 5.56 Å². The second kappa shape index (κ2) is 5.07. The molecule has 1 fully saturated rings. The second-order valence-electron chi connectivity index (χ2n) is 3.76. The summed E-state index contributed by atoms with van der Waals surface area (Å²) in [6.07, 6.45) is -1.82. The Hall–Kier alpha value is -1.42. The predicted octanol–water partition coefficient (Wildman–Crippen LogP) is 1.86. The highest BCUT2D eigenvalue weighted by atomic mass is 19.1. The van der Waals surface area contributed by atoms with Gasteiger partial charge in [0.2, 0.25) is 6.17 Å². The average Bonchev–Trinajstić information content (AvgIpc) is 2.60. The van der Waals surface area contributed by atoms with Crippen LogP contribution in [0.4, 0.5) is 4.39 Å². The number of hydrogen-bond acceptors (Lipinski definition) is 3. The van der Waals surface area contributed by atoms with Gasteiger partial charge in [-0.1, -0.05) is 30.3 Å². The standard InChI is InChI=1S/C12H13FO3/c13-11-6-10(16-12(11)14)8-15-7-9-4-2-1-3-5-9/h1-5,10-11H,6-8H2/t10-,11-/m0/s1. The lowest BCUT2D eigenvalue weighted by Gasteiger charge is -2.09. The minimum Gasteiger partial charge on any atom is -0.458 e. The number of hydrogen-bond donors (Lipinski definition) is 0. The molecule has 0 saturated carbocycles. The summed E-state index contributed by atoms with van der Waals surface area (Å²) in [6, 6.07) is 9.66. The molecule has 1 aliphatic rings. The monoisotopic (exact) mass is 224 g/mol. The third-order valence-corrected chi connectivity index (χ3v) is 2.42. The van der Waals surface area contributed by atoms with Gasteiger partial charge in [0.25, 0.3) is 0 Å². The van der Waals surface area contributed by atoms with Crippen molar-refractivity contribution >= 4 is 5.97 Å². The highest BCUT2D eigenvalue weighted by molar-refractivity contribution is 5.76. The number of esters is 1. The van der Waals surface area contributed by atoms with Crippen LogP contribution >= 0.6 is 0 Å². The van der Waals surface area contributed by atoms with Gasteiger partial charge in [0.15, 0.2) is 0 Å². The van der Waals surface area contributed by atoms with Crippen LogP contribution in [-0.2, 0) is 20.9 Å². The van der Waals surface area contributed by atoms with Crippen LogP contribution in [0.25, 0.3) is 0 Å². The van der Waals surface area contributed by atoms with Crippen LogP contribution in [-0.4, -0.2) is 24.9 Å². The molecule has 2 atom stereocenters. The molecule has 2 rings (SSSR count). The molecule has 16 heavy (non-hydrogen) atoms. The number of carbonyl (C=O) groups is 1. The highest BCUT2D eigenvalue weighted by Gasteiger charge is 2.34. The minimum absolute atomic E-state index is 0.105. The van der Waals surface area contributed by atoms with Crippen molar-refractivity contribution in [2.24, 2.45) is 0 Å². The molecule has 0 unspecified atom stereocenters. The summed E-state index contributed by atoms with van der Waals surface area (Å²) in [5.41, 5.74) is 1.05. The Labute approximate surface area is 93.2 Å². The Bertz CT molecular complexity index is 353. The topological polar surface area (TPSA) is 35.5 Å². The van der Waals surface area contributed by atoms with Gasteiger partial charge in [0.05, 0.1) is 13.2 Å². The lowest BCUT2D eigenvalue weighted by atomic mass is 10.2. The van der Waals surface area contributed by atoms with Crippen molar-refractivity contribution in [1.29, 1.82) is 0 Å². The van der Waals surface area contributed by atoms with Gasteiger partial charge in [-0.3, -0.25) is 0 Å². The summed E-state index contributed by atoms with van der Waals surface area (Å²) >= 11 is 0. The normalized spacial score (nSPS) is 24.4. The Kier molecular flexibility index (Phi) is 3.51. The Morgan fingerprint density at radius 2 is 2.12 bits per heavy atom. The van der Waals surface area contributed by atoms with Gasteiger partial charge in [0.1, 0.15) is 6.10 Å². The molecule has 0 aromatic heterocycles. The molecular weight excluding hydrogens is 211 g/mol. The summed E-state index contributed by atoms with van der Waals surface area (Å²) < 4.78 is 22.9. The molecule has 3 nitrogen and oxygen atoms in total. The van der Waals surface area contributed by atoms with Crippen molar-refractivity contribution < 1.29 is 18.7 Å². The van der Waals surface area contributed by atoms with Crippen molar-refractivity contribution in [1.82, 2.24) is 0 Å². The molecule has 1 heterocycles. The van der Waals surface area contributed by atoms with Gasteiger partial charge >= 0.3 is 5.97 Å². The largest absolute Gasteiger partial charge is 0.458 e. The van der Waals surface area contributed by atoms with Crippen molar-refractivity contribution in [3.05, 3.63) is 35.9 Å². The first kappa shape index (κ1) is 11.1. The number of carbonyl (C=O) groups excluding carboxylic acids is 1. The Morgan fingerprint density at radius 1 is 1.38 bits per heavy atom. The first-order valence-electron chi connectivity index (χ1n) is 5.22. The molecule has 1 aromatic rings. The van der Waals surface area contributed by atoms with Crippen molar-refractivity contribution in [3.63, 3.8) is 0 Å². The van der Waals surface area contributed by atoms with E-state index in [0.29, 0.717) is 6.61 Å². The fourth-order valence-electron chi connectivity index (χ4n) is 1.60. The number of cyclic esters (lactones) is 1. The van der Waals surface area contributed by atoms with Crippen LogP contribution < -0.4 is 0 Å². The zero-order chi connectivity index (χ0) is 11.4. The Morgan fingerprint density at radius 3 is 2.75 bits per heavy atom. The van der Waals surface area contributed by atoms with Gasteiger partial charge in [0, 0.05) is 6.42 Å². The van der Waals surface area contributed by atoms with Crippen molar-refractivity contribution in [2.75, 3.05) is 6.61 Å². The summed E-state index contributed by atoms with van der Waals surface area (Å²) in [5.74, 6) is -0.770. The fraction of sp³-hybridized carbons (Fsp3) is 0.417. The van der Waals surface area contributed by atoms with E-state index in [4.69, 9.17) is 9.47 Å². The molecule has 0 radical (unpaired) electrons. The summed E-state index contributed by atoms with van der Waals surface area (Å²) in [7, 11) is 0. The smallest absolute Gasteiger partial charge is 0.341 e. The molecule has 0 bridgehead atoms. The summed E-state index contributed by atoms with van der Waals surface area (Å²) in [4.78, 5) is 10.8. The van der Waals surface area contributed by atoms with E-state index in [-0.39, 0.29) is 13.0 Å². The number of benzene rings is 1. The maximum absolute atomic E-state index is 12.8. The van der Waals surface area contributed by atoms with E-state index in [1.165, 1.54) is 0 Å². The van der Waals surface area contributed by atoms with Crippen LogP contribution in [0.15, 0.2) is 30.3 Å². The van der Waals surface area contributed by atoms with E-state index in [1.54, 1.807) is 0 Å². The Balaban J connectivity index is 1.71. The van der Waals surface area contributed by atoms with E-state index in [2.05, 4.69) is 0 Å². The molecule has 0 spiro atoms. The predicted molar refractivity (Wildman–Crippen MR) is 55.5 cm³/mol. The van der Waals surface area contributed by atoms with Gasteiger partial charge < -0.3 is 9.47 Å². The molecule has 1 aliphatic heterocycles. The first-order chi connectivity index (χ1) is 7.75. The van der Waals surface area contributed by atoms with E-state index >= 15 is 0 Å². The zero-order valence-electron chi connectivity index (χ0n) is 8.77. The van der Waals surface area contributed by atoms with Crippen LogP contribution in [0.5, 0.6) is 0 Å². The first-order valence-corrected chi connectivity index (χ1v) is 5.22. The summed E-state index contributed by atoms with van der Waals surface area (Å²) in [5, 5.41) is 0. The maximum atomic E-state index is 12.8. The quantitative estimate of drug-likeness (QED) is 0.732. The van der Waals surface area contributed by atoms with Crippen LogP contribution in [0.1, 0.15) is 12.0 Å². The van der Waals surface area contributed by atoms with Gasteiger partial charge in [-0.25, -0.2) is 9.18 Å².